The predicted octanol–water partition coefficient (Wildman–Crippen LogP) is 5.44. The molecule has 0 atom stereocenters. The zero-order chi connectivity index (χ0) is 14.1. The zero-order valence-electron chi connectivity index (χ0n) is 12.2. The fourth-order valence-corrected chi connectivity index (χ4v) is 3.77. The minimum Gasteiger partial charge on any atom is -0.380 e. The number of fused-ring (bicyclic) bond motifs is 1. The Balaban J connectivity index is 1.87. The maximum Gasteiger partial charge on any atom is 0.0415 e. The van der Waals surface area contributed by atoms with E-state index in [2.05, 4.69) is 67.9 Å². The van der Waals surface area contributed by atoms with Gasteiger partial charge in [0.2, 0.25) is 0 Å². The molecule has 0 spiro atoms. The molecular weight excluding hydrogens is 262 g/mol. The first-order chi connectivity index (χ1) is 9.65. The second-order valence-electron chi connectivity index (χ2n) is 5.38. The molecule has 0 aliphatic carbocycles. The van der Waals surface area contributed by atoms with E-state index in [1.54, 1.807) is 0 Å². The molecule has 3 rings (SSSR count). The first-order valence-corrected chi connectivity index (χ1v) is 7.80. The molecule has 0 amide bonds. The van der Waals surface area contributed by atoms with Crippen LogP contribution in [0.2, 0.25) is 0 Å². The van der Waals surface area contributed by atoms with Crippen molar-refractivity contribution in [1.29, 1.82) is 0 Å². The maximum absolute atomic E-state index is 3.61. The van der Waals surface area contributed by atoms with Gasteiger partial charge in [-0.15, -0.1) is 11.3 Å². The standard InChI is InChI=1S/C18H19NS/c1-12-8-13(2)18(14(3)9-12)19-10-15-11-20-17-7-5-4-6-16(15)17/h4-9,11,19H,10H2,1-3H3. The lowest BCUT2D eigenvalue weighted by molar-refractivity contribution is 1.15. The Bertz CT molecular complexity index is 732. The number of nitrogens with one attached hydrogen (secondary N) is 1. The Morgan fingerprint density at radius 3 is 2.45 bits per heavy atom. The van der Waals surface area contributed by atoms with E-state index >= 15 is 0 Å². The number of anilines is 1. The van der Waals surface area contributed by atoms with E-state index in [0.717, 1.165) is 6.54 Å². The number of rotatable bonds is 3. The summed E-state index contributed by atoms with van der Waals surface area (Å²) in [6.07, 6.45) is 0. The van der Waals surface area contributed by atoms with Crippen molar-refractivity contribution in [2.75, 3.05) is 5.32 Å². The summed E-state index contributed by atoms with van der Waals surface area (Å²) in [6, 6.07) is 13.1. The average molecular weight is 281 g/mol. The van der Waals surface area contributed by atoms with Gasteiger partial charge in [-0.25, -0.2) is 0 Å². The first kappa shape index (κ1) is 13.2. The minimum absolute atomic E-state index is 0.884. The first-order valence-electron chi connectivity index (χ1n) is 6.92. The summed E-state index contributed by atoms with van der Waals surface area (Å²) in [6.45, 7) is 7.38. The molecule has 0 saturated carbocycles. The van der Waals surface area contributed by atoms with Gasteiger partial charge in [0.25, 0.3) is 0 Å². The third-order valence-electron chi connectivity index (χ3n) is 3.69. The number of hydrogen-bond donors (Lipinski definition) is 1. The van der Waals surface area contributed by atoms with Crippen LogP contribution in [0, 0.1) is 20.8 Å². The molecule has 0 fully saturated rings. The number of benzene rings is 2. The second kappa shape index (κ2) is 5.29. The predicted molar refractivity (Wildman–Crippen MR) is 89.8 cm³/mol. The molecule has 0 saturated heterocycles. The van der Waals surface area contributed by atoms with Crippen LogP contribution in [0.5, 0.6) is 0 Å². The van der Waals surface area contributed by atoms with E-state index in [0.29, 0.717) is 0 Å². The van der Waals surface area contributed by atoms with Crippen molar-refractivity contribution in [3.05, 3.63) is 64.0 Å². The Morgan fingerprint density at radius 2 is 1.70 bits per heavy atom. The number of hydrogen-bond acceptors (Lipinski definition) is 2. The minimum atomic E-state index is 0.884. The van der Waals surface area contributed by atoms with Crippen LogP contribution in [0.4, 0.5) is 5.69 Å². The summed E-state index contributed by atoms with van der Waals surface area (Å²) in [4.78, 5) is 0. The molecule has 0 bridgehead atoms. The highest BCUT2D eigenvalue weighted by molar-refractivity contribution is 7.17. The van der Waals surface area contributed by atoms with E-state index < -0.39 is 0 Å². The molecule has 0 unspecified atom stereocenters. The van der Waals surface area contributed by atoms with Gasteiger partial charge in [0.1, 0.15) is 0 Å². The molecule has 3 aromatic rings. The molecular formula is C18H19NS. The lowest BCUT2D eigenvalue weighted by Gasteiger charge is -2.13. The lowest BCUT2D eigenvalue weighted by atomic mass is 10.0. The van der Waals surface area contributed by atoms with Gasteiger partial charge in [0, 0.05) is 16.9 Å². The zero-order valence-corrected chi connectivity index (χ0v) is 13.0. The quantitative estimate of drug-likeness (QED) is 0.674. The molecule has 2 aromatic carbocycles. The molecule has 1 N–H and O–H groups in total. The van der Waals surface area contributed by atoms with Crippen LogP contribution in [0.3, 0.4) is 0 Å². The van der Waals surface area contributed by atoms with E-state index in [1.165, 1.54) is 38.0 Å². The van der Waals surface area contributed by atoms with Gasteiger partial charge in [-0.2, -0.15) is 0 Å². The van der Waals surface area contributed by atoms with Crippen LogP contribution in [-0.2, 0) is 6.54 Å². The van der Waals surface area contributed by atoms with E-state index in [9.17, 15) is 0 Å². The molecule has 2 heteroatoms. The molecule has 1 aromatic heterocycles. The van der Waals surface area contributed by atoms with Crippen LogP contribution in [0.1, 0.15) is 22.3 Å². The maximum atomic E-state index is 3.61. The smallest absolute Gasteiger partial charge is 0.0415 e. The summed E-state index contributed by atoms with van der Waals surface area (Å²) in [7, 11) is 0. The molecule has 1 nitrogen and oxygen atoms in total. The van der Waals surface area contributed by atoms with Crippen molar-refractivity contribution in [2.24, 2.45) is 0 Å². The molecule has 0 aliphatic rings. The van der Waals surface area contributed by atoms with E-state index in [4.69, 9.17) is 0 Å². The summed E-state index contributed by atoms with van der Waals surface area (Å²) in [5.41, 5.74) is 6.62. The fourth-order valence-electron chi connectivity index (χ4n) is 2.81. The summed E-state index contributed by atoms with van der Waals surface area (Å²) in [5.74, 6) is 0. The Labute approximate surface area is 124 Å². The number of thiophene rings is 1. The van der Waals surface area contributed by atoms with Gasteiger partial charge in [0.15, 0.2) is 0 Å². The van der Waals surface area contributed by atoms with Crippen LogP contribution < -0.4 is 5.32 Å². The van der Waals surface area contributed by atoms with E-state index in [1.807, 2.05) is 11.3 Å². The topological polar surface area (TPSA) is 12.0 Å². The van der Waals surface area contributed by atoms with Gasteiger partial charge >= 0.3 is 0 Å². The monoisotopic (exact) mass is 281 g/mol. The summed E-state index contributed by atoms with van der Waals surface area (Å²) >= 11 is 1.82. The summed E-state index contributed by atoms with van der Waals surface area (Å²) < 4.78 is 1.36. The molecule has 1 heterocycles. The molecule has 0 aliphatic heterocycles. The highest BCUT2D eigenvalue weighted by Gasteiger charge is 2.06. The Hall–Kier alpha value is -1.80. The SMILES string of the molecule is Cc1cc(C)c(NCc2csc3ccccc23)c(C)c1. The normalized spacial score (nSPS) is 10.9. The van der Waals surface area contributed by atoms with E-state index in [-0.39, 0.29) is 0 Å². The molecule has 102 valence electrons. The van der Waals surface area contributed by atoms with Crippen molar-refractivity contribution >= 4 is 27.1 Å². The van der Waals surface area contributed by atoms with Gasteiger partial charge in [0.05, 0.1) is 0 Å². The fraction of sp³-hybridized carbons (Fsp3) is 0.222. The van der Waals surface area contributed by atoms with Crippen molar-refractivity contribution in [3.8, 4) is 0 Å². The average Bonchev–Trinajstić information content (AvgIpc) is 2.81. The van der Waals surface area contributed by atoms with Crippen LogP contribution >= 0.6 is 11.3 Å². The Kier molecular flexibility index (Phi) is 3.49. The molecule has 20 heavy (non-hydrogen) atoms. The van der Waals surface area contributed by atoms with Crippen molar-refractivity contribution in [3.63, 3.8) is 0 Å². The summed E-state index contributed by atoms with van der Waals surface area (Å²) in [5, 5.41) is 7.24. The second-order valence-corrected chi connectivity index (χ2v) is 6.30. The lowest BCUT2D eigenvalue weighted by Crippen LogP contribution is -2.02. The van der Waals surface area contributed by atoms with Crippen LogP contribution in [0.25, 0.3) is 10.1 Å². The third kappa shape index (κ3) is 2.44. The number of aryl methyl sites for hydroxylation is 3. The van der Waals surface area contributed by atoms with Gasteiger partial charge < -0.3 is 5.32 Å². The molecule has 0 radical (unpaired) electrons. The van der Waals surface area contributed by atoms with Gasteiger partial charge in [-0.1, -0.05) is 35.9 Å². The Morgan fingerprint density at radius 1 is 1.00 bits per heavy atom. The highest BCUT2D eigenvalue weighted by Crippen LogP contribution is 2.28. The highest BCUT2D eigenvalue weighted by atomic mass is 32.1. The van der Waals surface area contributed by atoms with Crippen LogP contribution in [-0.4, -0.2) is 0 Å². The third-order valence-corrected chi connectivity index (χ3v) is 4.71. The van der Waals surface area contributed by atoms with Gasteiger partial charge in [-0.05, 0) is 54.3 Å². The van der Waals surface area contributed by atoms with Gasteiger partial charge in [-0.3, -0.25) is 0 Å². The van der Waals surface area contributed by atoms with Crippen molar-refractivity contribution in [2.45, 2.75) is 27.3 Å². The largest absolute Gasteiger partial charge is 0.380 e. The van der Waals surface area contributed by atoms with Crippen molar-refractivity contribution < 1.29 is 0 Å². The van der Waals surface area contributed by atoms with Crippen LogP contribution in [0.15, 0.2) is 41.8 Å². The van der Waals surface area contributed by atoms with Crippen molar-refractivity contribution in [1.82, 2.24) is 0 Å².